The first-order valence-corrected chi connectivity index (χ1v) is 9.07. The summed E-state index contributed by atoms with van der Waals surface area (Å²) in [5.41, 5.74) is 3.07. The Balaban J connectivity index is 2.28. The van der Waals surface area contributed by atoms with Gasteiger partial charge in [-0.3, -0.25) is 0 Å². The van der Waals surface area contributed by atoms with Crippen molar-refractivity contribution in [2.75, 3.05) is 5.75 Å². The van der Waals surface area contributed by atoms with Crippen LogP contribution in [0.25, 0.3) is 0 Å². The molecule has 4 heteroatoms. The lowest BCUT2D eigenvalue weighted by Gasteiger charge is -2.35. The second-order valence-corrected chi connectivity index (χ2v) is 7.23. The van der Waals surface area contributed by atoms with Crippen LogP contribution in [-0.4, -0.2) is 21.1 Å². The van der Waals surface area contributed by atoms with E-state index >= 15 is 0 Å². The molecule has 3 nitrogen and oxygen atoms in total. The quantitative estimate of drug-likeness (QED) is 0.575. The van der Waals surface area contributed by atoms with E-state index in [0.717, 1.165) is 22.4 Å². The highest BCUT2D eigenvalue weighted by molar-refractivity contribution is 8.00. The van der Waals surface area contributed by atoms with Crippen LogP contribution in [0, 0.1) is 0 Å². The molecule has 3 aromatic carbocycles. The lowest BCUT2D eigenvalue weighted by atomic mass is 9.84. The summed E-state index contributed by atoms with van der Waals surface area (Å²) in [4.78, 5) is 0. The SMILES string of the molecule is CCSC(c1ccc(O)cc1)(c1ccc(O)cc1)c1ccc(O)cc1. The van der Waals surface area contributed by atoms with Crippen LogP contribution in [0.4, 0.5) is 0 Å². The molecule has 3 N–H and O–H groups in total. The number of rotatable bonds is 5. The van der Waals surface area contributed by atoms with Crippen molar-refractivity contribution < 1.29 is 15.3 Å². The number of benzene rings is 3. The van der Waals surface area contributed by atoms with Gasteiger partial charge < -0.3 is 15.3 Å². The number of aromatic hydroxyl groups is 3. The third-order valence-electron chi connectivity index (χ3n) is 4.18. The predicted molar refractivity (Wildman–Crippen MR) is 102 cm³/mol. The van der Waals surface area contributed by atoms with Crippen LogP contribution in [0.3, 0.4) is 0 Å². The van der Waals surface area contributed by atoms with Crippen LogP contribution < -0.4 is 0 Å². The van der Waals surface area contributed by atoms with E-state index in [1.807, 2.05) is 36.4 Å². The summed E-state index contributed by atoms with van der Waals surface area (Å²) in [5.74, 6) is 1.52. The molecule has 0 fully saturated rings. The second-order valence-electron chi connectivity index (χ2n) is 5.75. The fourth-order valence-electron chi connectivity index (χ4n) is 3.05. The molecule has 3 aromatic rings. The summed E-state index contributed by atoms with van der Waals surface area (Å²) >= 11 is 1.76. The van der Waals surface area contributed by atoms with Crippen LogP contribution >= 0.6 is 11.8 Å². The maximum atomic E-state index is 9.69. The van der Waals surface area contributed by atoms with Gasteiger partial charge in [0.25, 0.3) is 0 Å². The average molecular weight is 352 g/mol. The van der Waals surface area contributed by atoms with Crippen LogP contribution in [-0.2, 0) is 4.75 Å². The number of phenols is 3. The fraction of sp³-hybridized carbons (Fsp3) is 0.143. The molecule has 0 saturated heterocycles. The first-order valence-electron chi connectivity index (χ1n) is 8.08. The number of hydrogen-bond acceptors (Lipinski definition) is 4. The van der Waals surface area contributed by atoms with E-state index in [4.69, 9.17) is 0 Å². The van der Waals surface area contributed by atoms with E-state index < -0.39 is 4.75 Å². The van der Waals surface area contributed by atoms with Crippen molar-refractivity contribution in [2.24, 2.45) is 0 Å². The molecule has 0 radical (unpaired) electrons. The lowest BCUT2D eigenvalue weighted by Crippen LogP contribution is -2.25. The van der Waals surface area contributed by atoms with Crippen LogP contribution in [0.5, 0.6) is 17.2 Å². The molecule has 0 spiro atoms. The van der Waals surface area contributed by atoms with Crippen molar-refractivity contribution in [3.8, 4) is 17.2 Å². The molecule has 0 aliphatic carbocycles. The van der Waals surface area contributed by atoms with Gasteiger partial charge in [-0.25, -0.2) is 0 Å². The number of thioether (sulfide) groups is 1. The predicted octanol–water partition coefficient (Wildman–Crippen LogP) is 4.85. The van der Waals surface area contributed by atoms with E-state index in [1.165, 1.54) is 0 Å². The van der Waals surface area contributed by atoms with Gasteiger partial charge in [0.05, 0.1) is 4.75 Å². The molecule has 3 rings (SSSR count). The zero-order chi connectivity index (χ0) is 17.9. The third kappa shape index (κ3) is 3.30. The summed E-state index contributed by atoms with van der Waals surface area (Å²) in [6.45, 7) is 2.10. The Labute approximate surface area is 151 Å². The summed E-state index contributed by atoms with van der Waals surface area (Å²) < 4.78 is -0.510. The van der Waals surface area contributed by atoms with Crippen molar-refractivity contribution in [2.45, 2.75) is 11.7 Å². The van der Waals surface area contributed by atoms with Gasteiger partial charge in [-0.1, -0.05) is 43.3 Å². The Morgan fingerprint density at radius 3 is 1.12 bits per heavy atom. The van der Waals surface area contributed by atoms with E-state index in [9.17, 15) is 15.3 Å². The number of phenolic OH excluding ortho intramolecular Hbond substituents is 3. The maximum absolute atomic E-state index is 9.69. The van der Waals surface area contributed by atoms with Crippen molar-refractivity contribution >= 4 is 11.8 Å². The minimum atomic E-state index is -0.510. The Hall–Kier alpha value is -2.59. The second kappa shape index (κ2) is 7.11. The van der Waals surface area contributed by atoms with Gasteiger partial charge >= 0.3 is 0 Å². The standard InChI is InChI=1S/C21H20O3S/c1-2-25-21(15-3-9-18(22)10-4-15,16-5-11-19(23)12-6-16)17-7-13-20(24)14-8-17/h3-14,22-24H,2H2,1H3. The molecule has 0 aliphatic heterocycles. The Morgan fingerprint density at radius 1 is 0.600 bits per heavy atom. The highest BCUT2D eigenvalue weighted by atomic mass is 32.2. The topological polar surface area (TPSA) is 60.7 Å². The van der Waals surface area contributed by atoms with Gasteiger partial charge in [-0.05, 0) is 58.8 Å². The Kier molecular flexibility index (Phi) is 4.91. The zero-order valence-electron chi connectivity index (χ0n) is 13.9. The van der Waals surface area contributed by atoms with Gasteiger partial charge in [0, 0.05) is 0 Å². The molecule has 0 aliphatic rings. The van der Waals surface area contributed by atoms with Crippen molar-refractivity contribution in [1.29, 1.82) is 0 Å². The summed E-state index contributed by atoms with van der Waals surface area (Å²) in [6, 6.07) is 21.6. The van der Waals surface area contributed by atoms with Crippen LogP contribution in [0.15, 0.2) is 72.8 Å². The Morgan fingerprint density at radius 2 is 0.880 bits per heavy atom. The van der Waals surface area contributed by atoms with Crippen LogP contribution in [0.2, 0.25) is 0 Å². The fourth-order valence-corrected chi connectivity index (χ4v) is 4.40. The molecule has 0 unspecified atom stereocenters. The molecular formula is C21H20O3S. The molecule has 0 bridgehead atoms. The van der Waals surface area contributed by atoms with E-state index in [-0.39, 0.29) is 17.2 Å². The van der Waals surface area contributed by atoms with E-state index in [2.05, 4.69) is 6.92 Å². The third-order valence-corrected chi connectivity index (χ3v) is 5.61. The molecule has 0 amide bonds. The Bertz CT molecular complexity index is 714. The van der Waals surface area contributed by atoms with Gasteiger partial charge in [0.2, 0.25) is 0 Å². The number of hydrogen-bond donors (Lipinski definition) is 3. The first-order chi connectivity index (χ1) is 12.1. The lowest BCUT2D eigenvalue weighted by molar-refractivity contribution is 0.475. The van der Waals surface area contributed by atoms with Gasteiger partial charge in [-0.15, -0.1) is 11.8 Å². The van der Waals surface area contributed by atoms with E-state index in [1.54, 1.807) is 48.2 Å². The summed E-state index contributed by atoms with van der Waals surface area (Å²) in [7, 11) is 0. The molecule has 25 heavy (non-hydrogen) atoms. The first kappa shape index (κ1) is 17.2. The zero-order valence-corrected chi connectivity index (χ0v) is 14.7. The summed E-state index contributed by atoms with van der Waals surface area (Å²) in [5, 5.41) is 29.1. The molecular weight excluding hydrogens is 332 g/mol. The van der Waals surface area contributed by atoms with Crippen molar-refractivity contribution in [3.63, 3.8) is 0 Å². The van der Waals surface area contributed by atoms with Gasteiger partial charge in [0.15, 0.2) is 0 Å². The minimum Gasteiger partial charge on any atom is -0.508 e. The highest BCUT2D eigenvalue weighted by Gasteiger charge is 2.36. The molecule has 0 heterocycles. The van der Waals surface area contributed by atoms with E-state index in [0.29, 0.717) is 0 Å². The highest BCUT2D eigenvalue weighted by Crippen LogP contribution is 2.49. The smallest absolute Gasteiger partial charge is 0.115 e. The average Bonchev–Trinajstić information content (AvgIpc) is 2.62. The monoisotopic (exact) mass is 352 g/mol. The minimum absolute atomic E-state index is 0.218. The van der Waals surface area contributed by atoms with Crippen LogP contribution in [0.1, 0.15) is 23.6 Å². The molecule has 0 atom stereocenters. The van der Waals surface area contributed by atoms with Gasteiger partial charge in [0.1, 0.15) is 17.2 Å². The molecule has 0 aromatic heterocycles. The molecule has 128 valence electrons. The molecule has 0 saturated carbocycles. The largest absolute Gasteiger partial charge is 0.508 e. The normalized spacial score (nSPS) is 11.4. The van der Waals surface area contributed by atoms with Crippen molar-refractivity contribution in [3.05, 3.63) is 89.5 Å². The van der Waals surface area contributed by atoms with Gasteiger partial charge in [-0.2, -0.15) is 0 Å². The summed E-state index contributed by atoms with van der Waals surface area (Å²) in [6.07, 6.45) is 0. The van der Waals surface area contributed by atoms with Crippen molar-refractivity contribution in [1.82, 2.24) is 0 Å². The maximum Gasteiger partial charge on any atom is 0.115 e.